The van der Waals surface area contributed by atoms with Gasteiger partial charge in [-0.25, -0.2) is 9.13 Å². The standard InChI is InChI=1S/C9H17N4/c1-10-3-5-12(7-10)9-13-6-4-11(2)8-13/h3,5,7H,4,6,8-9H2,1-2H3/q+1. The van der Waals surface area contributed by atoms with Crippen molar-refractivity contribution in [3.05, 3.63) is 18.7 Å². The van der Waals surface area contributed by atoms with Crippen LogP contribution in [0.15, 0.2) is 18.7 Å². The van der Waals surface area contributed by atoms with Gasteiger partial charge in [-0.3, -0.25) is 9.80 Å². The van der Waals surface area contributed by atoms with Gasteiger partial charge in [-0.1, -0.05) is 0 Å². The van der Waals surface area contributed by atoms with E-state index in [0.717, 1.165) is 13.3 Å². The third-order valence-corrected chi connectivity index (χ3v) is 2.43. The van der Waals surface area contributed by atoms with Crippen molar-refractivity contribution in [2.75, 3.05) is 26.8 Å². The minimum Gasteiger partial charge on any atom is -0.292 e. The van der Waals surface area contributed by atoms with E-state index < -0.39 is 0 Å². The third-order valence-electron chi connectivity index (χ3n) is 2.43. The molecule has 1 aliphatic rings. The highest BCUT2D eigenvalue weighted by Gasteiger charge is 2.17. The molecular formula is C9H17N4+. The zero-order valence-corrected chi connectivity index (χ0v) is 8.35. The Balaban J connectivity index is 1.91. The molecule has 0 atom stereocenters. The monoisotopic (exact) mass is 181 g/mol. The van der Waals surface area contributed by atoms with Crippen molar-refractivity contribution < 1.29 is 4.57 Å². The van der Waals surface area contributed by atoms with Crippen LogP contribution in [0.25, 0.3) is 0 Å². The summed E-state index contributed by atoms with van der Waals surface area (Å²) in [5.74, 6) is 0. The van der Waals surface area contributed by atoms with Gasteiger partial charge in [0, 0.05) is 13.1 Å². The lowest BCUT2D eigenvalue weighted by molar-refractivity contribution is -0.714. The molecule has 0 unspecified atom stereocenters. The van der Waals surface area contributed by atoms with Crippen LogP contribution < -0.4 is 4.57 Å². The van der Waals surface area contributed by atoms with Crippen LogP contribution in [-0.4, -0.2) is 41.2 Å². The summed E-state index contributed by atoms with van der Waals surface area (Å²) in [5.41, 5.74) is 0. The van der Waals surface area contributed by atoms with Crippen LogP contribution in [0.4, 0.5) is 0 Å². The van der Waals surface area contributed by atoms with E-state index in [2.05, 4.69) is 44.7 Å². The molecule has 0 saturated carbocycles. The van der Waals surface area contributed by atoms with Crippen molar-refractivity contribution >= 4 is 0 Å². The van der Waals surface area contributed by atoms with Crippen LogP contribution in [-0.2, 0) is 13.7 Å². The van der Waals surface area contributed by atoms with Gasteiger partial charge in [-0.15, -0.1) is 0 Å². The normalized spacial score (nSPS) is 19.8. The fourth-order valence-corrected chi connectivity index (χ4v) is 1.73. The maximum absolute atomic E-state index is 2.43. The molecule has 0 radical (unpaired) electrons. The van der Waals surface area contributed by atoms with Crippen molar-refractivity contribution in [1.29, 1.82) is 0 Å². The van der Waals surface area contributed by atoms with Crippen molar-refractivity contribution in [2.45, 2.75) is 6.67 Å². The third kappa shape index (κ3) is 2.08. The lowest BCUT2D eigenvalue weighted by Crippen LogP contribution is -2.41. The molecule has 0 aliphatic carbocycles. The molecule has 1 aromatic heterocycles. The van der Waals surface area contributed by atoms with E-state index in [4.69, 9.17) is 0 Å². The Morgan fingerprint density at radius 1 is 1.31 bits per heavy atom. The predicted molar refractivity (Wildman–Crippen MR) is 49.8 cm³/mol. The molecule has 0 amide bonds. The lowest BCUT2D eigenvalue weighted by atomic mass is 10.6. The quantitative estimate of drug-likeness (QED) is 0.570. The average molecular weight is 181 g/mol. The van der Waals surface area contributed by atoms with E-state index in [1.54, 1.807) is 0 Å². The fraction of sp³-hybridized carbons (Fsp3) is 0.667. The van der Waals surface area contributed by atoms with Gasteiger partial charge >= 0.3 is 0 Å². The van der Waals surface area contributed by atoms with Crippen molar-refractivity contribution in [3.63, 3.8) is 0 Å². The molecular weight excluding hydrogens is 164 g/mol. The zero-order chi connectivity index (χ0) is 9.26. The summed E-state index contributed by atoms with van der Waals surface area (Å²) in [5, 5.41) is 0. The van der Waals surface area contributed by atoms with E-state index in [9.17, 15) is 0 Å². The molecule has 1 fully saturated rings. The number of likely N-dealkylation sites (N-methyl/N-ethyl adjacent to an activating group) is 1. The molecule has 1 aromatic rings. The maximum atomic E-state index is 2.43. The summed E-state index contributed by atoms with van der Waals surface area (Å²) in [6.07, 6.45) is 6.29. The second-order valence-corrected chi connectivity index (χ2v) is 3.85. The number of nitrogens with zero attached hydrogens (tertiary/aromatic N) is 4. The first kappa shape index (κ1) is 8.72. The molecule has 72 valence electrons. The highest BCUT2D eigenvalue weighted by Crippen LogP contribution is 2.00. The number of hydrogen-bond acceptors (Lipinski definition) is 2. The van der Waals surface area contributed by atoms with Gasteiger partial charge in [0.15, 0.2) is 0 Å². The molecule has 4 nitrogen and oxygen atoms in total. The number of hydrogen-bond donors (Lipinski definition) is 0. The number of rotatable bonds is 2. The second kappa shape index (κ2) is 3.47. The molecule has 2 rings (SSSR count). The van der Waals surface area contributed by atoms with E-state index in [-0.39, 0.29) is 0 Å². The van der Waals surface area contributed by atoms with Crippen LogP contribution in [0.2, 0.25) is 0 Å². The van der Waals surface area contributed by atoms with E-state index in [1.165, 1.54) is 13.1 Å². The molecule has 2 heterocycles. The van der Waals surface area contributed by atoms with Gasteiger partial charge in [0.25, 0.3) is 0 Å². The molecule has 1 aliphatic heterocycles. The Morgan fingerprint density at radius 2 is 2.15 bits per heavy atom. The predicted octanol–water partition coefficient (Wildman–Crippen LogP) is -0.525. The van der Waals surface area contributed by atoms with Gasteiger partial charge in [0.05, 0.1) is 13.7 Å². The molecule has 0 aromatic carbocycles. The largest absolute Gasteiger partial charge is 0.292 e. The number of aryl methyl sites for hydroxylation is 1. The Morgan fingerprint density at radius 3 is 2.69 bits per heavy atom. The van der Waals surface area contributed by atoms with Crippen molar-refractivity contribution in [1.82, 2.24) is 14.4 Å². The van der Waals surface area contributed by atoms with Gasteiger partial charge in [-0.05, 0) is 7.05 Å². The summed E-state index contributed by atoms with van der Waals surface area (Å²) in [6.45, 7) is 4.46. The second-order valence-electron chi connectivity index (χ2n) is 3.85. The van der Waals surface area contributed by atoms with Crippen LogP contribution in [0.3, 0.4) is 0 Å². The maximum Gasteiger partial charge on any atom is 0.244 e. The Labute approximate surface area is 79.0 Å². The smallest absolute Gasteiger partial charge is 0.244 e. The topological polar surface area (TPSA) is 15.3 Å². The minimum absolute atomic E-state index is 1.01. The first-order valence-corrected chi connectivity index (χ1v) is 4.66. The Bertz CT molecular complexity index is 281. The zero-order valence-electron chi connectivity index (χ0n) is 8.35. The SMILES string of the molecule is CN1CCN(C[n+]2ccn(C)c2)C1. The van der Waals surface area contributed by atoms with E-state index in [1.807, 2.05) is 7.05 Å². The Kier molecular flexibility index (Phi) is 2.33. The van der Waals surface area contributed by atoms with Gasteiger partial charge in [-0.2, -0.15) is 0 Å². The average Bonchev–Trinajstić information content (AvgIpc) is 2.62. The molecule has 4 heteroatoms. The number of aromatic nitrogens is 2. The van der Waals surface area contributed by atoms with Gasteiger partial charge in [0.1, 0.15) is 19.1 Å². The molecule has 0 spiro atoms. The summed E-state index contributed by atoms with van der Waals surface area (Å²) in [6, 6.07) is 0. The van der Waals surface area contributed by atoms with Crippen LogP contribution in [0, 0.1) is 0 Å². The van der Waals surface area contributed by atoms with Gasteiger partial charge in [0.2, 0.25) is 6.33 Å². The van der Waals surface area contributed by atoms with Gasteiger partial charge < -0.3 is 0 Å². The first-order chi connectivity index (χ1) is 6.24. The molecule has 1 saturated heterocycles. The van der Waals surface area contributed by atoms with Crippen LogP contribution in [0.1, 0.15) is 0 Å². The highest BCUT2D eigenvalue weighted by molar-refractivity contribution is 4.65. The van der Waals surface area contributed by atoms with Crippen molar-refractivity contribution in [2.24, 2.45) is 7.05 Å². The molecule has 0 N–H and O–H groups in total. The molecule has 13 heavy (non-hydrogen) atoms. The Hall–Kier alpha value is -0.870. The summed E-state index contributed by atoms with van der Waals surface area (Å²) in [7, 11) is 4.21. The first-order valence-electron chi connectivity index (χ1n) is 4.66. The van der Waals surface area contributed by atoms with Crippen LogP contribution in [0.5, 0.6) is 0 Å². The summed E-state index contributed by atoms with van der Waals surface area (Å²) >= 11 is 0. The van der Waals surface area contributed by atoms with Crippen molar-refractivity contribution in [3.8, 4) is 0 Å². The van der Waals surface area contributed by atoms with E-state index >= 15 is 0 Å². The summed E-state index contributed by atoms with van der Waals surface area (Å²) in [4.78, 5) is 4.77. The number of imidazole rings is 1. The highest BCUT2D eigenvalue weighted by atomic mass is 15.4. The lowest BCUT2D eigenvalue weighted by Gasteiger charge is -2.11. The van der Waals surface area contributed by atoms with Crippen LogP contribution >= 0.6 is 0 Å². The fourth-order valence-electron chi connectivity index (χ4n) is 1.73. The molecule has 0 bridgehead atoms. The minimum atomic E-state index is 1.01. The van der Waals surface area contributed by atoms with E-state index in [0.29, 0.717) is 0 Å². The summed E-state index contributed by atoms with van der Waals surface area (Å²) < 4.78 is 4.28.